The number of benzene rings is 4. The van der Waals surface area contributed by atoms with Crippen LogP contribution in [0.3, 0.4) is 0 Å². The number of methoxy groups -OCH3 is 3. The van der Waals surface area contributed by atoms with Crippen LogP contribution in [0.2, 0.25) is 0 Å². The summed E-state index contributed by atoms with van der Waals surface area (Å²) in [7, 11) is 4.25. The number of ketones is 1. The fourth-order valence-electron chi connectivity index (χ4n) is 3.97. The third-order valence-electron chi connectivity index (χ3n) is 5.92. The van der Waals surface area contributed by atoms with Crippen LogP contribution in [-0.4, -0.2) is 32.2 Å². The van der Waals surface area contributed by atoms with E-state index in [1.54, 1.807) is 12.1 Å². The van der Waals surface area contributed by atoms with Gasteiger partial charge in [0.25, 0.3) is 0 Å². The highest BCUT2D eigenvalue weighted by Crippen LogP contribution is 2.45. The highest BCUT2D eigenvalue weighted by atomic mass is 16.5. The van der Waals surface area contributed by atoms with E-state index in [-0.39, 0.29) is 28.6 Å². The van der Waals surface area contributed by atoms with Crippen LogP contribution in [0.4, 0.5) is 0 Å². The first-order chi connectivity index (χ1) is 19.0. The Kier molecular flexibility index (Phi) is 9.08. The molecule has 4 aromatic carbocycles. The number of allylic oxidation sites excluding steroid dienone is 1. The van der Waals surface area contributed by atoms with E-state index < -0.39 is 5.78 Å². The predicted molar refractivity (Wildman–Crippen MR) is 149 cm³/mol. The molecule has 0 fully saturated rings. The molecule has 200 valence electrons. The van der Waals surface area contributed by atoms with E-state index in [4.69, 9.17) is 23.7 Å². The molecule has 0 radical (unpaired) electrons. The van der Waals surface area contributed by atoms with E-state index in [0.29, 0.717) is 30.3 Å². The lowest BCUT2D eigenvalue weighted by molar-refractivity contribution is 0.104. The van der Waals surface area contributed by atoms with Crippen molar-refractivity contribution in [2.24, 2.45) is 0 Å². The summed E-state index contributed by atoms with van der Waals surface area (Å²) in [5.74, 6) is 0.913. The molecule has 0 saturated carbocycles. The van der Waals surface area contributed by atoms with Gasteiger partial charge in [-0.2, -0.15) is 0 Å². The lowest BCUT2D eigenvalue weighted by atomic mass is 10.0. The minimum absolute atomic E-state index is 0.0326. The molecule has 0 aromatic heterocycles. The van der Waals surface area contributed by atoms with E-state index in [1.165, 1.54) is 33.5 Å². The second-order valence-electron chi connectivity index (χ2n) is 8.49. The largest absolute Gasteiger partial charge is 0.507 e. The first-order valence-electron chi connectivity index (χ1n) is 12.3. The Bertz CT molecular complexity index is 1430. The third kappa shape index (κ3) is 6.70. The Morgan fingerprint density at radius 1 is 0.692 bits per heavy atom. The van der Waals surface area contributed by atoms with E-state index in [2.05, 4.69) is 0 Å². The van der Waals surface area contributed by atoms with E-state index in [0.717, 1.165) is 11.1 Å². The maximum atomic E-state index is 13.1. The molecule has 4 aromatic rings. The fourth-order valence-corrected chi connectivity index (χ4v) is 3.97. The summed E-state index contributed by atoms with van der Waals surface area (Å²) in [6, 6.07) is 26.4. The Labute approximate surface area is 227 Å². The van der Waals surface area contributed by atoms with Gasteiger partial charge >= 0.3 is 0 Å². The summed E-state index contributed by atoms with van der Waals surface area (Å²) >= 11 is 0. The molecule has 0 spiro atoms. The van der Waals surface area contributed by atoms with Gasteiger partial charge in [-0.3, -0.25) is 4.79 Å². The van der Waals surface area contributed by atoms with E-state index >= 15 is 0 Å². The van der Waals surface area contributed by atoms with Crippen LogP contribution in [0, 0.1) is 0 Å². The van der Waals surface area contributed by atoms with Crippen molar-refractivity contribution in [2.45, 2.75) is 13.2 Å². The second kappa shape index (κ2) is 13.1. The summed E-state index contributed by atoms with van der Waals surface area (Å²) in [4.78, 5) is 13.1. The topological polar surface area (TPSA) is 83.5 Å². The molecule has 0 heterocycles. The Balaban J connectivity index is 1.60. The lowest BCUT2D eigenvalue weighted by Crippen LogP contribution is -2.04. The minimum atomic E-state index is -0.471. The van der Waals surface area contributed by atoms with E-state index in [9.17, 15) is 9.90 Å². The van der Waals surface area contributed by atoms with Crippen LogP contribution in [0.25, 0.3) is 6.08 Å². The molecule has 4 rings (SSSR count). The van der Waals surface area contributed by atoms with Gasteiger partial charge in [-0.25, -0.2) is 0 Å². The number of hydrogen-bond donors (Lipinski definition) is 1. The Hall–Kier alpha value is -4.91. The quantitative estimate of drug-likeness (QED) is 0.167. The average Bonchev–Trinajstić information content (AvgIpc) is 2.98. The third-order valence-corrected chi connectivity index (χ3v) is 5.92. The Morgan fingerprint density at radius 2 is 1.28 bits per heavy atom. The molecule has 0 unspecified atom stereocenters. The number of rotatable bonds is 12. The van der Waals surface area contributed by atoms with Gasteiger partial charge in [-0.1, -0.05) is 72.8 Å². The number of aromatic hydroxyl groups is 1. The lowest BCUT2D eigenvalue weighted by Gasteiger charge is -2.16. The second-order valence-corrected chi connectivity index (χ2v) is 8.49. The van der Waals surface area contributed by atoms with E-state index in [1.807, 2.05) is 72.8 Å². The number of phenolic OH excluding ortho intramolecular Hbond substituents is 1. The number of phenols is 1. The highest BCUT2D eigenvalue weighted by molar-refractivity contribution is 6.11. The van der Waals surface area contributed by atoms with Crippen molar-refractivity contribution < 1.29 is 33.6 Å². The van der Waals surface area contributed by atoms with Crippen LogP contribution in [-0.2, 0) is 13.2 Å². The van der Waals surface area contributed by atoms with Gasteiger partial charge in [0.2, 0.25) is 5.75 Å². The van der Waals surface area contributed by atoms with Crippen LogP contribution < -0.4 is 23.7 Å². The summed E-state index contributed by atoms with van der Waals surface area (Å²) in [5, 5.41) is 10.5. The fraction of sp³-hybridized carbons (Fsp3) is 0.156. The SMILES string of the molecule is COc1cc(O)c(C(=O)/C=C/c2ccc(OCc3ccccc3)c(OCc3ccccc3)c2)c(OC)c1OC. The van der Waals surface area contributed by atoms with Crippen molar-refractivity contribution in [3.8, 4) is 34.5 Å². The highest BCUT2D eigenvalue weighted by Gasteiger charge is 2.24. The maximum absolute atomic E-state index is 13.1. The monoisotopic (exact) mass is 526 g/mol. The minimum Gasteiger partial charge on any atom is -0.507 e. The molecule has 1 N–H and O–H groups in total. The normalized spacial score (nSPS) is 10.7. The van der Waals surface area contributed by atoms with Crippen molar-refractivity contribution in [2.75, 3.05) is 21.3 Å². The van der Waals surface area contributed by atoms with Crippen LogP contribution in [0.1, 0.15) is 27.0 Å². The summed E-state index contributed by atoms with van der Waals surface area (Å²) < 4.78 is 28.1. The molecule has 7 nitrogen and oxygen atoms in total. The van der Waals surface area contributed by atoms with Crippen molar-refractivity contribution in [1.82, 2.24) is 0 Å². The molecule has 0 aliphatic rings. The predicted octanol–water partition coefficient (Wildman–Crippen LogP) is 6.47. The average molecular weight is 527 g/mol. The first-order valence-corrected chi connectivity index (χ1v) is 12.3. The number of carbonyl (C=O) groups excluding carboxylic acids is 1. The van der Waals surface area contributed by atoms with Crippen molar-refractivity contribution >= 4 is 11.9 Å². The van der Waals surface area contributed by atoms with Crippen molar-refractivity contribution in [3.05, 3.63) is 113 Å². The molecular formula is C32H30O7. The van der Waals surface area contributed by atoms with Gasteiger partial charge in [0.1, 0.15) is 24.5 Å². The van der Waals surface area contributed by atoms with Gasteiger partial charge in [-0.05, 0) is 34.9 Å². The van der Waals surface area contributed by atoms with Gasteiger partial charge < -0.3 is 28.8 Å². The van der Waals surface area contributed by atoms with Crippen molar-refractivity contribution in [3.63, 3.8) is 0 Å². The standard InChI is InChI=1S/C32H30O7/c1-35-29-19-26(34)30(32(37-3)31(29)36-2)25(33)16-14-22-15-17-27(38-20-23-10-6-4-7-11-23)28(18-22)39-21-24-12-8-5-9-13-24/h4-19,34H,20-21H2,1-3H3/b16-14+. The molecular weight excluding hydrogens is 496 g/mol. The molecule has 39 heavy (non-hydrogen) atoms. The summed E-state index contributed by atoms with van der Waals surface area (Å²) in [5.41, 5.74) is 2.72. The van der Waals surface area contributed by atoms with Gasteiger partial charge in [0, 0.05) is 6.07 Å². The van der Waals surface area contributed by atoms with Gasteiger partial charge in [-0.15, -0.1) is 0 Å². The zero-order valence-corrected chi connectivity index (χ0v) is 22.0. The zero-order chi connectivity index (χ0) is 27.6. The van der Waals surface area contributed by atoms with Gasteiger partial charge in [0.05, 0.1) is 21.3 Å². The number of carbonyl (C=O) groups is 1. The van der Waals surface area contributed by atoms with Crippen LogP contribution in [0.15, 0.2) is 91.0 Å². The van der Waals surface area contributed by atoms with Gasteiger partial charge in [0.15, 0.2) is 28.8 Å². The molecule has 0 bridgehead atoms. The molecule has 0 atom stereocenters. The molecule has 0 aliphatic heterocycles. The van der Waals surface area contributed by atoms with Crippen molar-refractivity contribution in [1.29, 1.82) is 0 Å². The Morgan fingerprint density at radius 3 is 1.85 bits per heavy atom. The zero-order valence-electron chi connectivity index (χ0n) is 22.0. The molecule has 0 amide bonds. The number of ether oxygens (including phenoxy) is 5. The smallest absolute Gasteiger partial charge is 0.204 e. The maximum Gasteiger partial charge on any atom is 0.204 e. The first kappa shape index (κ1) is 27.1. The summed E-state index contributed by atoms with van der Waals surface area (Å²) in [6.07, 6.45) is 2.98. The summed E-state index contributed by atoms with van der Waals surface area (Å²) in [6.45, 7) is 0.736. The van der Waals surface area contributed by atoms with Crippen LogP contribution >= 0.6 is 0 Å². The molecule has 0 aliphatic carbocycles. The number of hydrogen-bond acceptors (Lipinski definition) is 7. The molecule has 0 saturated heterocycles. The van der Waals surface area contributed by atoms with Crippen LogP contribution in [0.5, 0.6) is 34.5 Å². The molecule has 7 heteroatoms.